The molecule has 1 atom stereocenters. The van der Waals surface area contributed by atoms with Gasteiger partial charge in [-0.25, -0.2) is 8.78 Å². The molecular formula is C23H29F2N3O. The number of rotatable bonds is 5. The number of halogens is 2. The zero-order chi connectivity index (χ0) is 20.2. The van der Waals surface area contributed by atoms with Crippen molar-refractivity contribution in [2.24, 2.45) is 0 Å². The Morgan fingerprint density at radius 3 is 2.45 bits per heavy atom. The molecule has 0 radical (unpaired) electrons. The van der Waals surface area contributed by atoms with Crippen LogP contribution in [0.25, 0.3) is 0 Å². The summed E-state index contributed by atoms with van der Waals surface area (Å²) in [5.74, 6) is -0.585. The monoisotopic (exact) mass is 401 g/mol. The highest BCUT2D eigenvalue weighted by Gasteiger charge is 2.28. The minimum absolute atomic E-state index is 0.454. The van der Waals surface area contributed by atoms with E-state index in [2.05, 4.69) is 26.8 Å². The van der Waals surface area contributed by atoms with Crippen LogP contribution in [0.1, 0.15) is 18.4 Å². The molecule has 0 saturated carbocycles. The van der Waals surface area contributed by atoms with Gasteiger partial charge in [-0.05, 0) is 49.7 Å². The Hall–Kier alpha value is -2.18. The maximum atomic E-state index is 14.0. The summed E-state index contributed by atoms with van der Waals surface area (Å²) in [5, 5.41) is 0. The van der Waals surface area contributed by atoms with Crippen molar-refractivity contribution in [2.45, 2.75) is 25.4 Å². The fourth-order valence-electron chi connectivity index (χ4n) is 4.52. The van der Waals surface area contributed by atoms with Gasteiger partial charge in [-0.3, -0.25) is 9.80 Å². The van der Waals surface area contributed by atoms with Crippen LogP contribution in [0.5, 0.6) is 5.75 Å². The first-order chi connectivity index (χ1) is 14.1. The highest BCUT2D eigenvalue weighted by atomic mass is 19.2. The molecule has 2 aliphatic heterocycles. The SMILES string of the molecule is COc1ccc(N2CCN([C@@H]3CCCN(Cc4cccc(F)c4F)C3)CC2)cc1. The summed E-state index contributed by atoms with van der Waals surface area (Å²) in [6.45, 7) is 6.39. The van der Waals surface area contributed by atoms with Crippen molar-refractivity contribution in [1.82, 2.24) is 9.80 Å². The third kappa shape index (κ3) is 4.70. The highest BCUT2D eigenvalue weighted by molar-refractivity contribution is 5.49. The second-order valence-corrected chi connectivity index (χ2v) is 7.97. The maximum Gasteiger partial charge on any atom is 0.163 e. The van der Waals surface area contributed by atoms with E-state index in [4.69, 9.17) is 4.74 Å². The number of methoxy groups -OCH3 is 1. The second kappa shape index (κ2) is 9.09. The summed E-state index contributed by atoms with van der Waals surface area (Å²) in [4.78, 5) is 7.24. The van der Waals surface area contributed by atoms with Crippen molar-refractivity contribution >= 4 is 5.69 Å². The molecule has 0 unspecified atom stereocenters. The molecule has 0 aromatic heterocycles. The number of benzene rings is 2. The highest BCUT2D eigenvalue weighted by Crippen LogP contribution is 2.24. The summed E-state index contributed by atoms with van der Waals surface area (Å²) in [5.41, 5.74) is 1.69. The number of piperazine rings is 1. The first-order valence-electron chi connectivity index (χ1n) is 10.4. The summed E-state index contributed by atoms with van der Waals surface area (Å²) in [7, 11) is 1.68. The zero-order valence-electron chi connectivity index (χ0n) is 17.0. The maximum absolute atomic E-state index is 14.0. The van der Waals surface area contributed by atoms with Crippen LogP contribution in [0.3, 0.4) is 0 Å². The van der Waals surface area contributed by atoms with Gasteiger partial charge in [-0.2, -0.15) is 0 Å². The van der Waals surface area contributed by atoms with Crippen LogP contribution in [0.2, 0.25) is 0 Å². The van der Waals surface area contributed by atoms with E-state index in [1.165, 1.54) is 18.2 Å². The molecule has 2 fully saturated rings. The number of likely N-dealkylation sites (tertiary alicyclic amines) is 1. The molecule has 0 spiro atoms. The molecular weight excluding hydrogens is 372 g/mol. The topological polar surface area (TPSA) is 19.0 Å². The van der Waals surface area contributed by atoms with Crippen LogP contribution in [-0.2, 0) is 6.54 Å². The van der Waals surface area contributed by atoms with Gasteiger partial charge in [0.2, 0.25) is 0 Å². The van der Waals surface area contributed by atoms with Crippen LogP contribution in [0.15, 0.2) is 42.5 Å². The number of anilines is 1. The molecule has 2 heterocycles. The minimum Gasteiger partial charge on any atom is -0.497 e. The number of hydrogen-bond donors (Lipinski definition) is 0. The van der Waals surface area contributed by atoms with Crippen molar-refractivity contribution in [3.8, 4) is 5.75 Å². The normalized spacial score (nSPS) is 21.3. The van der Waals surface area contributed by atoms with E-state index in [9.17, 15) is 8.78 Å². The Labute approximate surface area is 171 Å². The first kappa shape index (κ1) is 20.1. The lowest BCUT2D eigenvalue weighted by Gasteiger charge is -2.44. The number of nitrogens with zero attached hydrogens (tertiary/aromatic N) is 3. The van der Waals surface area contributed by atoms with Crippen LogP contribution < -0.4 is 9.64 Å². The summed E-state index contributed by atoms with van der Waals surface area (Å²) in [6, 6.07) is 13.2. The lowest BCUT2D eigenvalue weighted by molar-refractivity contribution is 0.0880. The van der Waals surface area contributed by atoms with E-state index < -0.39 is 11.6 Å². The van der Waals surface area contributed by atoms with Crippen molar-refractivity contribution in [1.29, 1.82) is 0 Å². The van der Waals surface area contributed by atoms with Crippen molar-refractivity contribution in [2.75, 3.05) is 51.3 Å². The van der Waals surface area contributed by atoms with E-state index in [1.807, 2.05) is 12.1 Å². The van der Waals surface area contributed by atoms with Gasteiger partial charge in [0.05, 0.1) is 7.11 Å². The lowest BCUT2D eigenvalue weighted by Crippen LogP contribution is -2.55. The van der Waals surface area contributed by atoms with Crippen molar-refractivity contribution in [3.63, 3.8) is 0 Å². The van der Waals surface area contributed by atoms with Crippen LogP contribution >= 0.6 is 0 Å². The second-order valence-electron chi connectivity index (χ2n) is 7.97. The van der Waals surface area contributed by atoms with Gasteiger partial charge in [0.1, 0.15) is 5.75 Å². The molecule has 0 bridgehead atoms. The van der Waals surface area contributed by atoms with E-state index in [1.54, 1.807) is 19.2 Å². The van der Waals surface area contributed by atoms with Gasteiger partial charge in [0, 0.05) is 56.6 Å². The summed E-state index contributed by atoms with van der Waals surface area (Å²) in [6.07, 6.45) is 2.27. The number of ether oxygens (including phenoxy) is 1. The number of hydrogen-bond acceptors (Lipinski definition) is 4. The smallest absolute Gasteiger partial charge is 0.163 e. The molecule has 6 heteroatoms. The standard InChI is InChI=1S/C23H29F2N3O/c1-29-21-9-7-19(8-10-21)27-12-14-28(15-13-27)20-5-3-11-26(17-20)16-18-4-2-6-22(24)23(18)25/h2,4,6-10,20H,3,5,11-17H2,1H3/t20-/m1/s1. The molecule has 2 saturated heterocycles. The van der Waals surface area contributed by atoms with Gasteiger partial charge in [-0.1, -0.05) is 12.1 Å². The largest absolute Gasteiger partial charge is 0.497 e. The first-order valence-corrected chi connectivity index (χ1v) is 10.4. The predicted molar refractivity (Wildman–Crippen MR) is 111 cm³/mol. The van der Waals surface area contributed by atoms with Crippen LogP contribution in [0, 0.1) is 11.6 Å². The van der Waals surface area contributed by atoms with Crippen LogP contribution in [-0.4, -0.2) is 62.2 Å². The van der Waals surface area contributed by atoms with Gasteiger partial charge in [0.15, 0.2) is 11.6 Å². The molecule has 2 aromatic rings. The molecule has 2 aliphatic rings. The van der Waals surface area contributed by atoms with E-state index >= 15 is 0 Å². The predicted octanol–water partition coefficient (Wildman–Crippen LogP) is 3.76. The van der Waals surface area contributed by atoms with Crippen molar-refractivity contribution < 1.29 is 13.5 Å². The molecule has 156 valence electrons. The Balaban J connectivity index is 1.32. The third-order valence-corrected chi connectivity index (χ3v) is 6.17. The third-order valence-electron chi connectivity index (χ3n) is 6.17. The fourth-order valence-corrected chi connectivity index (χ4v) is 4.52. The van der Waals surface area contributed by atoms with Gasteiger partial charge in [0.25, 0.3) is 0 Å². The van der Waals surface area contributed by atoms with Crippen molar-refractivity contribution in [3.05, 3.63) is 59.7 Å². The lowest BCUT2D eigenvalue weighted by atomic mass is 10.0. The number of piperidine rings is 1. The molecule has 29 heavy (non-hydrogen) atoms. The Kier molecular flexibility index (Phi) is 6.31. The average Bonchev–Trinajstić information content (AvgIpc) is 2.77. The molecule has 4 nitrogen and oxygen atoms in total. The minimum atomic E-state index is -0.759. The van der Waals surface area contributed by atoms with Gasteiger partial charge in [-0.15, -0.1) is 0 Å². The molecule has 4 rings (SSSR count). The van der Waals surface area contributed by atoms with Gasteiger partial charge >= 0.3 is 0 Å². The van der Waals surface area contributed by atoms with Gasteiger partial charge < -0.3 is 9.64 Å². The summed E-state index contributed by atoms with van der Waals surface area (Å²) >= 11 is 0. The Morgan fingerprint density at radius 1 is 0.966 bits per heavy atom. The fraction of sp³-hybridized carbons (Fsp3) is 0.478. The molecule has 0 N–H and O–H groups in total. The average molecular weight is 402 g/mol. The van der Waals surface area contributed by atoms with E-state index in [0.29, 0.717) is 18.2 Å². The molecule has 0 amide bonds. The molecule has 2 aromatic carbocycles. The Morgan fingerprint density at radius 2 is 1.72 bits per heavy atom. The summed E-state index contributed by atoms with van der Waals surface area (Å²) < 4.78 is 32.8. The van der Waals surface area contributed by atoms with E-state index in [-0.39, 0.29) is 0 Å². The van der Waals surface area contributed by atoms with E-state index in [0.717, 1.165) is 51.4 Å². The Bertz CT molecular complexity index is 806. The zero-order valence-corrected chi connectivity index (χ0v) is 17.0. The quantitative estimate of drug-likeness (QED) is 0.759. The molecule has 0 aliphatic carbocycles. The van der Waals surface area contributed by atoms with Crippen LogP contribution in [0.4, 0.5) is 14.5 Å².